The molecule has 2 rings (SSSR count). The van der Waals surface area contributed by atoms with E-state index in [1.807, 2.05) is 0 Å². The fourth-order valence-corrected chi connectivity index (χ4v) is 2.83. The van der Waals surface area contributed by atoms with Crippen molar-refractivity contribution in [3.05, 3.63) is 21.5 Å². The number of nitrogens with one attached hydrogen (secondary N) is 1. The molecule has 7 heteroatoms. The van der Waals surface area contributed by atoms with Crippen molar-refractivity contribution in [3.63, 3.8) is 0 Å². The highest BCUT2D eigenvalue weighted by Crippen LogP contribution is 2.22. The molecule has 0 bridgehead atoms. The van der Waals surface area contributed by atoms with E-state index >= 15 is 0 Å². The van der Waals surface area contributed by atoms with Crippen LogP contribution < -0.4 is 5.32 Å². The van der Waals surface area contributed by atoms with Crippen molar-refractivity contribution in [1.82, 2.24) is 15.1 Å². The number of hydrogen-bond donors (Lipinski definition) is 2. The second-order valence-electron chi connectivity index (χ2n) is 5.50. The molecule has 1 saturated carbocycles. The lowest BCUT2D eigenvalue weighted by molar-refractivity contribution is -0.386. The van der Waals surface area contributed by atoms with Gasteiger partial charge in [-0.3, -0.25) is 14.8 Å². The number of aliphatic hydroxyl groups is 1. The van der Waals surface area contributed by atoms with Gasteiger partial charge in [-0.2, -0.15) is 5.10 Å². The minimum atomic E-state index is -0.590. The molecule has 1 aliphatic rings. The Labute approximate surface area is 118 Å². The smallest absolute Gasteiger partial charge is 0.312 e. The van der Waals surface area contributed by atoms with Gasteiger partial charge in [0.1, 0.15) is 11.4 Å². The van der Waals surface area contributed by atoms with Crippen LogP contribution in [0.5, 0.6) is 0 Å². The summed E-state index contributed by atoms with van der Waals surface area (Å²) < 4.78 is 1.52. The van der Waals surface area contributed by atoms with Gasteiger partial charge in [-0.05, 0) is 26.7 Å². The molecule has 0 amide bonds. The van der Waals surface area contributed by atoms with Crippen LogP contribution in [0.3, 0.4) is 0 Å². The fraction of sp³-hybridized carbons (Fsp3) is 0.769. The summed E-state index contributed by atoms with van der Waals surface area (Å²) in [6, 6.07) is 0.499. The van der Waals surface area contributed by atoms with Crippen LogP contribution in [0.25, 0.3) is 0 Å². The molecule has 1 aromatic rings. The lowest BCUT2D eigenvalue weighted by atomic mass is 10.2. The van der Waals surface area contributed by atoms with Gasteiger partial charge in [0.15, 0.2) is 0 Å². The summed E-state index contributed by atoms with van der Waals surface area (Å²) in [6.45, 7) is 4.05. The first-order chi connectivity index (χ1) is 9.49. The van der Waals surface area contributed by atoms with Gasteiger partial charge in [0.05, 0.1) is 17.6 Å². The van der Waals surface area contributed by atoms with Gasteiger partial charge in [-0.15, -0.1) is 0 Å². The van der Waals surface area contributed by atoms with Crippen molar-refractivity contribution in [2.75, 3.05) is 6.54 Å². The number of nitrogens with zero attached hydrogens (tertiary/aromatic N) is 3. The Balaban J connectivity index is 1.92. The van der Waals surface area contributed by atoms with E-state index in [9.17, 15) is 15.2 Å². The largest absolute Gasteiger partial charge is 0.390 e. The van der Waals surface area contributed by atoms with E-state index in [0.29, 0.717) is 24.0 Å². The van der Waals surface area contributed by atoms with E-state index in [1.165, 1.54) is 17.5 Å². The Morgan fingerprint density at radius 1 is 1.50 bits per heavy atom. The maximum atomic E-state index is 10.9. The molecule has 0 spiro atoms. The van der Waals surface area contributed by atoms with Crippen molar-refractivity contribution in [2.45, 2.75) is 58.2 Å². The van der Waals surface area contributed by atoms with Gasteiger partial charge < -0.3 is 10.4 Å². The van der Waals surface area contributed by atoms with Gasteiger partial charge in [0.25, 0.3) is 0 Å². The highest BCUT2D eigenvalue weighted by molar-refractivity contribution is 5.39. The van der Waals surface area contributed by atoms with Crippen molar-refractivity contribution >= 4 is 5.69 Å². The van der Waals surface area contributed by atoms with Crippen molar-refractivity contribution in [1.29, 1.82) is 0 Å². The first-order valence-electron chi connectivity index (χ1n) is 7.09. The van der Waals surface area contributed by atoms with Gasteiger partial charge in [0, 0.05) is 12.6 Å². The predicted molar refractivity (Wildman–Crippen MR) is 74.6 cm³/mol. The molecule has 112 valence electrons. The van der Waals surface area contributed by atoms with E-state index in [-0.39, 0.29) is 12.2 Å². The Morgan fingerprint density at radius 3 is 2.70 bits per heavy atom. The summed E-state index contributed by atoms with van der Waals surface area (Å²) in [4.78, 5) is 10.5. The summed E-state index contributed by atoms with van der Waals surface area (Å²) in [6.07, 6.45) is 4.23. The molecule has 2 N–H and O–H groups in total. The van der Waals surface area contributed by atoms with Crippen LogP contribution in [-0.4, -0.2) is 38.5 Å². The third-order valence-corrected chi connectivity index (χ3v) is 3.91. The van der Waals surface area contributed by atoms with Crippen LogP contribution in [0.1, 0.15) is 37.1 Å². The Bertz CT molecular complexity index is 480. The van der Waals surface area contributed by atoms with Crippen molar-refractivity contribution in [3.8, 4) is 0 Å². The van der Waals surface area contributed by atoms with Gasteiger partial charge in [-0.25, -0.2) is 0 Å². The third-order valence-electron chi connectivity index (χ3n) is 3.91. The average Bonchev–Trinajstić information content (AvgIpc) is 2.96. The van der Waals surface area contributed by atoms with Crippen LogP contribution in [-0.2, 0) is 6.54 Å². The lowest BCUT2D eigenvalue weighted by Gasteiger charge is -2.16. The summed E-state index contributed by atoms with van der Waals surface area (Å²) in [7, 11) is 0. The molecular weight excluding hydrogens is 260 g/mol. The molecule has 1 heterocycles. The highest BCUT2D eigenvalue weighted by atomic mass is 16.6. The van der Waals surface area contributed by atoms with Gasteiger partial charge >= 0.3 is 5.69 Å². The number of rotatable bonds is 6. The molecule has 1 atom stereocenters. The second-order valence-corrected chi connectivity index (χ2v) is 5.50. The SMILES string of the molecule is Cc1nn(CC(O)CNC2CCCC2)c(C)c1[N+](=O)[O-]. The molecule has 20 heavy (non-hydrogen) atoms. The van der Waals surface area contributed by atoms with E-state index in [4.69, 9.17) is 0 Å². The average molecular weight is 282 g/mol. The summed E-state index contributed by atoms with van der Waals surface area (Å²) >= 11 is 0. The lowest BCUT2D eigenvalue weighted by Crippen LogP contribution is -2.36. The normalized spacial score (nSPS) is 17.6. The number of aromatic nitrogens is 2. The minimum Gasteiger partial charge on any atom is -0.390 e. The zero-order chi connectivity index (χ0) is 14.7. The molecular formula is C13H22N4O3. The molecule has 0 aromatic carbocycles. The molecule has 7 nitrogen and oxygen atoms in total. The van der Waals surface area contributed by atoms with Crippen molar-refractivity contribution < 1.29 is 10.0 Å². The maximum Gasteiger partial charge on any atom is 0.312 e. The van der Waals surface area contributed by atoms with Crippen LogP contribution >= 0.6 is 0 Å². The van der Waals surface area contributed by atoms with Crippen molar-refractivity contribution in [2.24, 2.45) is 0 Å². The summed E-state index contributed by atoms with van der Waals surface area (Å²) in [5, 5.41) is 28.4. The first-order valence-corrected chi connectivity index (χ1v) is 7.09. The number of aliphatic hydroxyl groups excluding tert-OH is 1. The van der Waals surface area contributed by atoms with E-state index < -0.39 is 11.0 Å². The number of aryl methyl sites for hydroxylation is 1. The highest BCUT2D eigenvalue weighted by Gasteiger charge is 2.23. The van der Waals surface area contributed by atoms with Crippen LogP contribution in [0, 0.1) is 24.0 Å². The van der Waals surface area contributed by atoms with E-state index in [1.54, 1.807) is 13.8 Å². The van der Waals surface area contributed by atoms with Crippen LogP contribution in [0.2, 0.25) is 0 Å². The molecule has 0 radical (unpaired) electrons. The zero-order valence-corrected chi connectivity index (χ0v) is 12.0. The molecule has 0 aliphatic heterocycles. The predicted octanol–water partition coefficient (Wildman–Crippen LogP) is 1.30. The van der Waals surface area contributed by atoms with Crippen LogP contribution in [0.15, 0.2) is 0 Å². The van der Waals surface area contributed by atoms with Crippen LogP contribution in [0.4, 0.5) is 5.69 Å². The molecule has 1 unspecified atom stereocenters. The zero-order valence-electron chi connectivity index (χ0n) is 12.0. The second kappa shape index (κ2) is 6.32. The standard InChI is InChI=1S/C13H22N4O3/c1-9-13(17(19)20)10(2)16(15-9)8-12(18)7-14-11-5-3-4-6-11/h11-12,14,18H,3-8H2,1-2H3. The molecule has 1 aliphatic carbocycles. The monoisotopic (exact) mass is 282 g/mol. The number of nitro groups is 1. The van der Waals surface area contributed by atoms with E-state index in [2.05, 4.69) is 10.4 Å². The molecule has 1 aromatic heterocycles. The Kier molecular flexibility index (Phi) is 4.72. The third kappa shape index (κ3) is 3.34. The summed E-state index contributed by atoms with van der Waals surface area (Å²) in [5.41, 5.74) is 0.928. The maximum absolute atomic E-state index is 10.9. The molecule has 1 fully saturated rings. The quantitative estimate of drug-likeness (QED) is 0.606. The number of hydrogen-bond acceptors (Lipinski definition) is 5. The first kappa shape index (κ1) is 14.9. The van der Waals surface area contributed by atoms with Gasteiger partial charge in [-0.1, -0.05) is 12.8 Å². The van der Waals surface area contributed by atoms with E-state index in [0.717, 1.165) is 12.8 Å². The minimum absolute atomic E-state index is 0.0425. The topological polar surface area (TPSA) is 93.2 Å². The van der Waals surface area contributed by atoms with Gasteiger partial charge in [0.2, 0.25) is 0 Å². The summed E-state index contributed by atoms with van der Waals surface area (Å²) in [5.74, 6) is 0. The molecule has 0 saturated heterocycles. The fourth-order valence-electron chi connectivity index (χ4n) is 2.83. The Hall–Kier alpha value is -1.47. The Morgan fingerprint density at radius 2 is 2.15 bits per heavy atom.